The van der Waals surface area contributed by atoms with E-state index in [1.807, 2.05) is 0 Å². The molecule has 0 fully saturated rings. The average Bonchev–Trinajstić information content (AvgIpc) is 3.42. The van der Waals surface area contributed by atoms with Crippen LogP contribution in [0, 0.1) is 5.82 Å². The molecule has 2 aromatic heterocycles. The maximum Gasteiger partial charge on any atom is 0.435 e. The van der Waals surface area contributed by atoms with Crippen LogP contribution >= 0.6 is 22.9 Å². The van der Waals surface area contributed by atoms with Crippen LogP contribution in [0.15, 0.2) is 60.7 Å². The first-order valence-electron chi connectivity index (χ1n) is 9.55. The number of thiophene rings is 1. The predicted octanol–water partition coefficient (Wildman–Crippen LogP) is 6.79. The van der Waals surface area contributed by atoms with Gasteiger partial charge in [-0.15, -0.1) is 11.3 Å². The Balaban J connectivity index is 1.80. The van der Waals surface area contributed by atoms with Crippen LogP contribution in [0.3, 0.4) is 0 Å². The van der Waals surface area contributed by atoms with Crippen LogP contribution in [0.25, 0.3) is 26.7 Å². The number of halogens is 5. The monoisotopic (exact) mass is 494 g/mol. The first-order chi connectivity index (χ1) is 15.7. The highest BCUT2D eigenvalue weighted by Gasteiger charge is 2.35. The summed E-state index contributed by atoms with van der Waals surface area (Å²) in [4.78, 5) is 12.5. The number of para-hydroxylation sites is 1. The molecule has 0 saturated heterocycles. The first kappa shape index (κ1) is 23.0. The molecule has 0 amide bonds. The van der Waals surface area contributed by atoms with E-state index in [-0.39, 0.29) is 28.4 Å². The summed E-state index contributed by atoms with van der Waals surface area (Å²) in [5.74, 6) is -0.990. The number of aromatic nitrogens is 2. The number of hydrogen-bond donors (Lipinski definition) is 0. The number of benzene rings is 2. The van der Waals surface area contributed by atoms with Crippen molar-refractivity contribution in [3.05, 3.63) is 82.8 Å². The van der Waals surface area contributed by atoms with Gasteiger partial charge in [0.1, 0.15) is 5.82 Å². The third-order valence-corrected chi connectivity index (χ3v) is 6.27. The number of methoxy groups -OCH3 is 1. The molecule has 33 heavy (non-hydrogen) atoms. The molecule has 4 aromatic rings. The Hall–Kier alpha value is -3.17. The van der Waals surface area contributed by atoms with Crippen LogP contribution in [0.4, 0.5) is 17.6 Å². The molecule has 4 rings (SSSR count). The minimum atomic E-state index is -4.66. The second-order valence-corrected chi connectivity index (χ2v) is 8.50. The van der Waals surface area contributed by atoms with Crippen molar-refractivity contribution >= 4 is 28.9 Å². The molecule has 2 heterocycles. The Labute approximate surface area is 195 Å². The van der Waals surface area contributed by atoms with Gasteiger partial charge in [-0.25, -0.2) is 9.07 Å². The van der Waals surface area contributed by atoms with Crippen molar-refractivity contribution < 1.29 is 27.1 Å². The fourth-order valence-electron chi connectivity index (χ4n) is 3.23. The van der Waals surface area contributed by atoms with Crippen molar-refractivity contribution in [1.82, 2.24) is 9.78 Å². The van der Waals surface area contributed by atoms with E-state index in [1.165, 1.54) is 25.3 Å². The van der Waals surface area contributed by atoms with E-state index < -0.39 is 23.7 Å². The lowest BCUT2D eigenvalue weighted by Crippen LogP contribution is -2.07. The van der Waals surface area contributed by atoms with Crippen LogP contribution in [-0.4, -0.2) is 22.9 Å². The number of hydrogen-bond acceptors (Lipinski definition) is 4. The summed E-state index contributed by atoms with van der Waals surface area (Å²) in [6, 6.07) is 14.8. The third-order valence-electron chi connectivity index (χ3n) is 4.81. The summed E-state index contributed by atoms with van der Waals surface area (Å²) < 4.78 is 60.6. The molecule has 4 nitrogen and oxygen atoms in total. The van der Waals surface area contributed by atoms with Gasteiger partial charge in [-0.2, -0.15) is 18.3 Å². The lowest BCUT2D eigenvalue weighted by Gasteiger charge is -2.08. The average molecular weight is 495 g/mol. The Morgan fingerprint density at radius 2 is 1.82 bits per heavy atom. The highest BCUT2D eigenvalue weighted by molar-refractivity contribution is 7.18. The summed E-state index contributed by atoms with van der Waals surface area (Å²) in [7, 11) is 1.26. The minimum absolute atomic E-state index is 0.0315. The Bertz CT molecular complexity index is 1330. The van der Waals surface area contributed by atoms with Crippen molar-refractivity contribution in [2.45, 2.75) is 12.6 Å². The fraction of sp³-hybridized carbons (Fsp3) is 0.130. The SMILES string of the molecule is COC(=O)Cc1ccc(F)c(-c2ccc(-c3cc(C(F)(F)F)nn3-c3ccccc3Cl)s2)c1. The fourth-order valence-corrected chi connectivity index (χ4v) is 4.47. The number of alkyl halides is 3. The van der Waals surface area contributed by atoms with Crippen LogP contribution in [0.1, 0.15) is 11.3 Å². The molecule has 0 atom stereocenters. The molecule has 0 bridgehead atoms. The number of nitrogens with zero attached hydrogens (tertiary/aromatic N) is 2. The third kappa shape index (κ3) is 4.79. The van der Waals surface area contributed by atoms with Gasteiger partial charge in [0.25, 0.3) is 0 Å². The molecule has 0 aliphatic carbocycles. The van der Waals surface area contributed by atoms with Crippen LogP contribution in [0.5, 0.6) is 0 Å². The highest BCUT2D eigenvalue weighted by atomic mass is 35.5. The smallest absolute Gasteiger partial charge is 0.435 e. The summed E-state index contributed by atoms with van der Waals surface area (Å²) >= 11 is 7.31. The zero-order chi connectivity index (χ0) is 23.8. The van der Waals surface area contributed by atoms with Gasteiger partial charge in [0.2, 0.25) is 0 Å². The van der Waals surface area contributed by atoms with E-state index in [0.717, 1.165) is 22.1 Å². The maximum atomic E-state index is 14.6. The van der Waals surface area contributed by atoms with Gasteiger partial charge in [0.05, 0.1) is 34.8 Å². The normalized spacial score (nSPS) is 11.6. The van der Waals surface area contributed by atoms with Gasteiger partial charge in [-0.1, -0.05) is 29.8 Å². The van der Waals surface area contributed by atoms with E-state index in [1.54, 1.807) is 36.4 Å². The van der Waals surface area contributed by atoms with Crippen LogP contribution in [0.2, 0.25) is 5.02 Å². The highest BCUT2D eigenvalue weighted by Crippen LogP contribution is 2.40. The Morgan fingerprint density at radius 3 is 2.52 bits per heavy atom. The van der Waals surface area contributed by atoms with Crippen molar-refractivity contribution in [1.29, 1.82) is 0 Å². The topological polar surface area (TPSA) is 44.1 Å². The first-order valence-corrected chi connectivity index (χ1v) is 10.7. The van der Waals surface area contributed by atoms with Gasteiger partial charge >= 0.3 is 12.1 Å². The van der Waals surface area contributed by atoms with E-state index in [4.69, 9.17) is 11.6 Å². The number of carbonyl (C=O) groups excluding carboxylic acids is 1. The molecule has 2 aromatic carbocycles. The molecule has 0 saturated carbocycles. The predicted molar refractivity (Wildman–Crippen MR) is 118 cm³/mol. The Morgan fingerprint density at radius 1 is 1.09 bits per heavy atom. The maximum absolute atomic E-state index is 14.6. The summed E-state index contributed by atoms with van der Waals surface area (Å²) in [6.45, 7) is 0. The largest absolute Gasteiger partial charge is 0.469 e. The standard InChI is InChI=1S/C23H15ClF4N2O2S/c1-32-22(31)11-13-6-7-16(25)14(10-13)19-8-9-20(33-19)18-12-21(23(26,27)28)29-30(18)17-5-3-2-4-15(17)24/h2-10,12H,11H2,1H3. The lowest BCUT2D eigenvalue weighted by atomic mass is 10.1. The number of ether oxygens (including phenoxy) is 1. The van der Waals surface area contributed by atoms with E-state index in [2.05, 4.69) is 9.84 Å². The molecule has 170 valence electrons. The minimum Gasteiger partial charge on any atom is -0.469 e. The lowest BCUT2D eigenvalue weighted by molar-refractivity contribution is -0.141. The molecule has 0 unspecified atom stereocenters. The molecule has 10 heteroatoms. The number of esters is 1. The van der Waals surface area contributed by atoms with E-state index in [0.29, 0.717) is 15.3 Å². The summed E-state index contributed by atoms with van der Waals surface area (Å²) in [5, 5.41) is 3.96. The zero-order valence-corrected chi connectivity index (χ0v) is 18.6. The molecule has 0 spiro atoms. The van der Waals surface area contributed by atoms with Crippen molar-refractivity contribution in [2.24, 2.45) is 0 Å². The van der Waals surface area contributed by atoms with E-state index >= 15 is 0 Å². The van der Waals surface area contributed by atoms with Crippen molar-refractivity contribution in [2.75, 3.05) is 7.11 Å². The molecule has 0 N–H and O–H groups in total. The molecule has 0 radical (unpaired) electrons. The molecular weight excluding hydrogens is 480 g/mol. The van der Waals surface area contributed by atoms with Crippen LogP contribution in [-0.2, 0) is 22.1 Å². The molecular formula is C23H15ClF4N2O2S. The van der Waals surface area contributed by atoms with Gasteiger partial charge in [-0.3, -0.25) is 4.79 Å². The van der Waals surface area contributed by atoms with Crippen molar-refractivity contribution in [3.63, 3.8) is 0 Å². The van der Waals surface area contributed by atoms with Gasteiger partial charge in [-0.05, 0) is 48.0 Å². The summed E-state index contributed by atoms with van der Waals surface area (Å²) in [5.41, 5.74) is 0.156. The molecule has 0 aliphatic heterocycles. The molecule has 0 aliphatic rings. The van der Waals surface area contributed by atoms with Gasteiger partial charge in [0.15, 0.2) is 5.69 Å². The van der Waals surface area contributed by atoms with Gasteiger partial charge < -0.3 is 4.74 Å². The zero-order valence-electron chi connectivity index (χ0n) is 17.0. The van der Waals surface area contributed by atoms with Gasteiger partial charge in [0, 0.05) is 10.4 Å². The summed E-state index contributed by atoms with van der Waals surface area (Å²) in [6.07, 6.45) is -4.69. The number of rotatable bonds is 5. The Kier molecular flexibility index (Phi) is 6.27. The van der Waals surface area contributed by atoms with Crippen LogP contribution < -0.4 is 0 Å². The van der Waals surface area contributed by atoms with E-state index in [9.17, 15) is 22.4 Å². The number of carbonyl (C=O) groups is 1. The van der Waals surface area contributed by atoms with Crippen molar-refractivity contribution in [3.8, 4) is 26.7 Å². The second-order valence-electron chi connectivity index (χ2n) is 7.01. The second kappa shape index (κ2) is 8.99. The quantitative estimate of drug-likeness (QED) is 0.226.